The van der Waals surface area contributed by atoms with Crippen LogP contribution in [0.1, 0.15) is 22.3 Å². The standard InChI is InChI=1S/C28H25Cl2N3O3/c1-19-6-3-4-9-26(19)36-18-21-14-20(10-12-27(21)35-2)11-13-28(34)32-22-15-31-33(16-22)17-23-24(29)7-5-8-25(23)30/h3-16H,17-18H2,1-2H3,(H,32,34)/b13-11+. The molecule has 0 unspecified atom stereocenters. The van der Waals surface area contributed by atoms with Crippen LogP contribution in [0.5, 0.6) is 11.5 Å². The van der Waals surface area contributed by atoms with Crippen molar-refractivity contribution >= 4 is 40.9 Å². The molecule has 0 atom stereocenters. The van der Waals surface area contributed by atoms with Gasteiger partial charge in [-0.25, -0.2) is 0 Å². The van der Waals surface area contributed by atoms with Crippen LogP contribution in [-0.2, 0) is 17.9 Å². The number of halogens is 2. The van der Waals surface area contributed by atoms with Gasteiger partial charge in [-0.15, -0.1) is 0 Å². The molecule has 1 heterocycles. The first-order valence-corrected chi connectivity index (χ1v) is 12.0. The van der Waals surface area contributed by atoms with Crippen molar-refractivity contribution in [2.45, 2.75) is 20.1 Å². The molecule has 0 aliphatic heterocycles. The number of hydrogen-bond acceptors (Lipinski definition) is 4. The lowest BCUT2D eigenvalue weighted by Gasteiger charge is -2.12. The maximum atomic E-state index is 12.5. The summed E-state index contributed by atoms with van der Waals surface area (Å²) in [5, 5.41) is 8.22. The average molecular weight is 522 g/mol. The molecule has 0 saturated carbocycles. The van der Waals surface area contributed by atoms with Gasteiger partial charge in [0.2, 0.25) is 5.91 Å². The second-order valence-electron chi connectivity index (χ2n) is 8.07. The summed E-state index contributed by atoms with van der Waals surface area (Å²) >= 11 is 12.5. The van der Waals surface area contributed by atoms with Crippen molar-refractivity contribution in [3.8, 4) is 11.5 Å². The Morgan fingerprint density at radius 1 is 1.06 bits per heavy atom. The van der Waals surface area contributed by atoms with Crippen molar-refractivity contribution in [1.82, 2.24) is 9.78 Å². The van der Waals surface area contributed by atoms with Gasteiger partial charge in [0.25, 0.3) is 0 Å². The molecule has 184 valence electrons. The van der Waals surface area contributed by atoms with Crippen LogP contribution in [0.4, 0.5) is 5.69 Å². The molecule has 4 aromatic rings. The number of benzene rings is 3. The topological polar surface area (TPSA) is 65.4 Å². The first-order chi connectivity index (χ1) is 17.4. The third-order valence-electron chi connectivity index (χ3n) is 5.49. The number of anilines is 1. The summed E-state index contributed by atoms with van der Waals surface area (Å²) in [5.74, 6) is 1.26. The number of carbonyl (C=O) groups is 1. The number of amides is 1. The quantitative estimate of drug-likeness (QED) is 0.246. The van der Waals surface area contributed by atoms with E-state index >= 15 is 0 Å². The summed E-state index contributed by atoms with van der Waals surface area (Å²) < 4.78 is 13.1. The van der Waals surface area contributed by atoms with Gasteiger partial charge in [0.1, 0.15) is 18.1 Å². The van der Waals surface area contributed by atoms with Gasteiger partial charge in [-0.2, -0.15) is 5.10 Å². The number of aryl methyl sites for hydroxylation is 1. The Kier molecular flexibility index (Phi) is 8.31. The zero-order valence-electron chi connectivity index (χ0n) is 19.9. The van der Waals surface area contributed by atoms with Crippen molar-refractivity contribution in [2.24, 2.45) is 0 Å². The summed E-state index contributed by atoms with van der Waals surface area (Å²) in [6.07, 6.45) is 6.50. The molecular weight excluding hydrogens is 497 g/mol. The predicted molar refractivity (Wildman–Crippen MR) is 144 cm³/mol. The highest BCUT2D eigenvalue weighted by atomic mass is 35.5. The molecule has 6 nitrogen and oxygen atoms in total. The smallest absolute Gasteiger partial charge is 0.248 e. The SMILES string of the molecule is COc1ccc(/C=C/C(=O)Nc2cnn(Cc3c(Cl)cccc3Cl)c2)cc1COc1ccccc1C. The van der Waals surface area contributed by atoms with Gasteiger partial charge >= 0.3 is 0 Å². The highest BCUT2D eigenvalue weighted by Crippen LogP contribution is 2.26. The van der Waals surface area contributed by atoms with Gasteiger partial charge in [0.05, 0.1) is 25.5 Å². The molecule has 3 aromatic carbocycles. The Balaban J connectivity index is 1.39. The Morgan fingerprint density at radius 2 is 1.83 bits per heavy atom. The molecule has 1 amide bonds. The number of aromatic nitrogens is 2. The summed E-state index contributed by atoms with van der Waals surface area (Å²) in [7, 11) is 1.62. The van der Waals surface area contributed by atoms with E-state index in [1.165, 1.54) is 6.08 Å². The van der Waals surface area contributed by atoms with E-state index < -0.39 is 0 Å². The van der Waals surface area contributed by atoms with Gasteiger partial charge in [0.15, 0.2) is 0 Å². The minimum absolute atomic E-state index is 0.279. The lowest BCUT2D eigenvalue weighted by Crippen LogP contribution is -2.07. The summed E-state index contributed by atoms with van der Waals surface area (Å²) in [6, 6.07) is 18.9. The van der Waals surface area contributed by atoms with E-state index in [0.717, 1.165) is 33.8 Å². The van der Waals surface area contributed by atoms with E-state index in [1.54, 1.807) is 48.5 Å². The molecule has 0 saturated heterocycles. The highest BCUT2D eigenvalue weighted by molar-refractivity contribution is 6.35. The largest absolute Gasteiger partial charge is 0.496 e. The minimum Gasteiger partial charge on any atom is -0.496 e. The maximum Gasteiger partial charge on any atom is 0.248 e. The van der Waals surface area contributed by atoms with Gasteiger partial charge in [-0.3, -0.25) is 9.48 Å². The predicted octanol–water partition coefficient (Wildman–Crippen LogP) is 6.79. The minimum atomic E-state index is -0.279. The number of hydrogen-bond donors (Lipinski definition) is 1. The van der Waals surface area contributed by atoms with Gasteiger partial charge < -0.3 is 14.8 Å². The van der Waals surface area contributed by atoms with Gasteiger partial charge in [-0.1, -0.05) is 53.5 Å². The van der Waals surface area contributed by atoms with Crippen LogP contribution in [0, 0.1) is 6.92 Å². The second kappa shape index (κ2) is 11.8. The third-order valence-corrected chi connectivity index (χ3v) is 6.20. The Labute approximate surface area is 220 Å². The number of carbonyl (C=O) groups excluding carboxylic acids is 1. The van der Waals surface area contributed by atoms with Crippen molar-refractivity contribution in [1.29, 1.82) is 0 Å². The number of nitrogens with one attached hydrogen (secondary N) is 1. The Bertz CT molecular complexity index is 1380. The third kappa shape index (κ3) is 6.47. The molecule has 1 aromatic heterocycles. The molecule has 0 radical (unpaired) electrons. The second-order valence-corrected chi connectivity index (χ2v) is 8.89. The van der Waals surface area contributed by atoms with E-state index in [9.17, 15) is 4.79 Å². The average Bonchev–Trinajstić information content (AvgIpc) is 3.31. The van der Waals surface area contributed by atoms with E-state index in [1.807, 2.05) is 49.4 Å². The zero-order chi connectivity index (χ0) is 25.5. The van der Waals surface area contributed by atoms with Crippen molar-refractivity contribution in [3.63, 3.8) is 0 Å². The maximum absolute atomic E-state index is 12.5. The van der Waals surface area contributed by atoms with Crippen LogP contribution < -0.4 is 14.8 Å². The fourth-order valence-corrected chi connectivity index (χ4v) is 4.12. The number of rotatable bonds is 9. The zero-order valence-corrected chi connectivity index (χ0v) is 21.4. The van der Waals surface area contributed by atoms with E-state index in [0.29, 0.717) is 28.9 Å². The lowest BCUT2D eigenvalue weighted by atomic mass is 10.1. The molecule has 0 bridgehead atoms. The summed E-state index contributed by atoms with van der Waals surface area (Å²) in [4.78, 5) is 12.5. The van der Waals surface area contributed by atoms with Crippen molar-refractivity contribution in [2.75, 3.05) is 12.4 Å². The fourth-order valence-electron chi connectivity index (χ4n) is 3.60. The van der Waals surface area contributed by atoms with E-state index in [-0.39, 0.29) is 5.91 Å². The number of methoxy groups -OCH3 is 1. The lowest BCUT2D eigenvalue weighted by molar-refractivity contribution is -0.111. The normalized spacial score (nSPS) is 11.0. The Morgan fingerprint density at radius 3 is 2.58 bits per heavy atom. The first-order valence-electron chi connectivity index (χ1n) is 11.2. The van der Waals surface area contributed by atoms with Crippen molar-refractivity contribution in [3.05, 3.63) is 111 Å². The Hall–Kier alpha value is -3.74. The molecule has 0 spiro atoms. The number of ether oxygens (including phenoxy) is 2. The van der Waals surface area contributed by atoms with Crippen LogP contribution in [0.3, 0.4) is 0 Å². The molecule has 0 aliphatic rings. The number of para-hydroxylation sites is 1. The molecule has 1 N–H and O–H groups in total. The van der Waals surface area contributed by atoms with E-state index in [2.05, 4.69) is 10.4 Å². The molecule has 0 aliphatic carbocycles. The van der Waals surface area contributed by atoms with Crippen LogP contribution >= 0.6 is 23.2 Å². The van der Waals surface area contributed by atoms with Crippen LogP contribution in [0.2, 0.25) is 10.0 Å². The molecule has 4 rings (SSSR count). The highest BCUT2D eigenvalue weighted by Gasteiger charge is 2.09. The summed E-state index contributed by atoms with van der Waals surface area (Å²) in [6.45, 7) is 2.74. The molecular formula is C28H25Cl2N3O3. The molecule has 36 heavy (non-hydrogen) atoms. The summed E-state index contributed by atoms with van der Waals surface area (Å²) in [5.41, 5.74) is 4.11. The van der Waals surface area contributed by atoms with Crippen molar-refractivity contribution < 1.29 is 14.3 Å². The van der Waals surface area contributed by atoms with Crippen LogP contribution in [0.25, 0.3) is 6.08 Å². The first kappa shape index (κ1) is 25.4. The monoisotopic (exact) mass is 521 g/mol. The van der Waals surface area contributed by atoms with Crippen LogP contribution in [0.15, 0.2) is 79.1 Å². The fraction of sp³-hybridized carbons (Fsp3) is 0.143. The van der Waals surface area contributed by atoms with Gasteiger partial charge in [0, 0.05) is 33.4 Å². The van der Waals surface area contributed by atoms with Gasteiger partial charge in [-0.05, 0) is 54.5 Å². The number of nitrogens with zero attached hydrogens (tertiary/aromatic N) is 2. The molecule has 0 fully saturated rings. The molecule has 8 heteroatoms. The van der Waals surface area contributed by atoms with Crippen LogP contribution in [-0.4, -0.2) is 22.8 Å². The van der Waals surface area contributed by atoms with E-state index in [4.69, 9.17) is 32.7 Å².